The molecule has 1 aliphatic heterocycles. The first-order valence-corrected chi connectivity index (χ1v) is 7.71. The van der Waals surface area contributed by atoms with Gasteiger partial charge in [-0.3, -0.25) is 0 Å². The zero-order valence-electron chi connectivity index (χ0n) is 13.1. The van der Waals surface area contributed by atoms with Gasteiger partial charge in [0.1, 0.15) is 5.56 Å². The molecular formula is C15H24N4O2. The summed E-state index contributed by atoms with van der Waals surface area (Å²) in [5, 5.41) is 18.1. The highest BCUT2D eigenvalue weighted by Crippen LogP contribution is 2.25. The van der Waals surface area contributed by atoms with Crippen molar-refractivity contribution in [1.29, 1.82) is 0 Å². The summed E-state index contributed by atoms with van der Waals surface area (Å²) in [6.45, 7) is 10.6. The Bertz CT molecular complexity index is 511. The Morgan fingerprint density at radius 3 is 2.24 bits per heavy atom. The van der Waals surface area contributed by atoms with Crippen LogP contribution < -0.4 is 4.90 Å². The van der Waals surface area contributed by atoms with E-state index in [1.807, 2.05) is 13.8 Å². The van der Waals surface area contributed by atoms with E-state index in [9.17, 15) is 9.90 Å². The van der Waals surface area contributed by atoms with Crippen LogP contribution in [0.2, 0.25) is 0 Å². The summed E-state index contributed by atoms with van der Waals surface area (Å²) in [7, 11) is 0. The molecule has 1 saturated heterocycles. The SMILES string of the molecule is CCc1nnc(N2CCN(CC)CC2)c(C(=O)O)c1CC. The number of hydrogen-bond acceptors (Lipinski definition) is 5. The van der Waals surface area contributed by atoms with Crippen LogP contribution in [-0.2, 0) is 12.8 Å². The molecule has 0 aromatic carbocycles. The molecule has 1 N–H and O–H groups in total. The summed E-state index contributed by atoms with van der Waals surface area (Å²) in [6.07, 6.45) is 1.38. The number of carboxylic acids is 1. The Morgan fingerprint density at radius 2 is 1.76 bits per heavy atom. The zero-order chi connectivity index (χ0) is 15.4. The van der Waals surface area contributed by atoms with Gasteiger partial charge in [-0.2, -0.15) is 5.10 Å². The van der Waals surface area contributed by atoms with E-state index in [1.165, 1.54) is 0 Å². The minimum Gasteiger partial charge on any atom is -0.478 e. The second-order valence-electron chi connectivity index (χ2n) is 5.26. The van der Waals surface area contributed by atoms with Crippen molar-refractivity contribution in [1.82, 2.24) is 15.1 Å². The van der Waals surface area contributed by atoms with Crippen LogP contribution >= 0.6 is 0 Å². The van der Waals surface area contributed by atoms with E-state index < -0.39 is 5.97 Å². The number of hydrogen-bond donors (Lipinski definition) is 1. The molecule has 0 saturated carbocycles. The van der Waals surface area contributed by atoms with Gasteiger partial charge in [0, 0.05) is 26.2 Å². The van der Waals surface area contributed by atoms with Crippen LogP contribution in [0.5, 0.6) is 0 Å². The Morgan fingerprint density at radius 1 is 1.10 bits per heavy atom. The highest BCUT2D eigenvalue weighted by atomic mass is 16.4. The van der Waals surface area contributed by atoms with Crippen molar-refractivity contribution in [3.63, 3.8) is 0 Å². The van der Waals surface area contributed by atoms with Gasteiger partial charge >= 0.3 is 5.97 Å². The first-order valence-electron chi connectivity index (χ1n) is 7.71. The van der Waals surface area contributed by atoms with E-state index in [0.717, 1.165) is 44.0 Å². The van der Waals surface area contributed by atoms with Crippen LogP contribution in [0, 0.1) is 0 Å². The maximum absolute atomic E-state index is 11.7. The number of rotatable bonds is 5. The molecule has 1 fully saturated rings. The van der Waals surface area contributed by atoms with Gasteiger partial charge in [0.05, 0.1) is 5.69 Å². The molecule has 6 nitrogen and oxygen atoms in total. The quantitative estimate of drug-likeness (QED) is 0.885. The molecular weight excluding hydrogens is 268 g/mol. The Balaban J connectivity index is 2.37. The fourth-order valence-electron chi connectivity index (χ4n) is 2.88. The van der Waals surface area contributed by atoms with Gasteiger partial charge in [-0.05, 0) is 24.9 Å². The highest BCUT2D eigenvalue weighted by molar-refractivity contribution is 5.95. The minimum absolute atomic E-state index is 0.342. The number of carboxylic acid groups (broad SMARTS) is 1. The lowest BCUT2D eigenvalue weighted by molar-refractivity contribution is 0.0695. The van der Waals surface area contributed by atoms with Gasteiger partial charge in [-0.1, -0.05) is 20.8 Å². The minimum atomic E-state index is -0.899. The van der Waals surface area contributed by atoms with Crippen molar-refractivity contribution in [2.45, 2.75) is 33.6 Å². The normalized spacial score (nSPS) is 16.2. The summed E-state index contributed by atoms with van der Waals surface area (Å²) < 4.78 is 0. The third-order valence-electron chi connectivity index (χ3n) is 4.16. The predicted molar refractivity (Wildman–Crippen MR) is 82.1 cm³/mol. The lowest BCUT2D eigenvalue weighted by Crippen LogP contribution is -2.47. The van der Waals surface area contributed by atoms with Gasteiger partial charge < -0.3 is 14.9 Å². The standard InChI is InChI=1S/C15H24N4O2/c1-4-11-12(5-2)16-17-14(13(11)15(20)21)19-9-7-18(6-3)8-10-19/h4-10H2,1-3H3,(H,20,21). The molecule has 2 rings (SSSR count). The first kappa shape index (κ1) is 15.7. The van der Waals surface area contributed by atoms with Crippen LogP contribution in [0.4, 0.5) is 5.82 Å². The molecule has 2 heterocycles. The number of aryl methyl sites for hydroxylation is 1. The maximum atomic E-state index is 11.7. The number of aromatic carboxylic acids is 1. The molecule has 0 aliphatic carbocycles. The summed E-state index contributed by atoms with van der Waals surface area (Å²) in [6, 6.07) is 0. The Hall–Kier alpha value is -1.69. The fraction of sp³-hybridized carbons (Fsp3) is 0.667. The van der Waals surface area contributed by atoms with Gasteiger partial charge in [0.15, 0.2) is 5.82 Å². The topological polar surface area (TPSA) is 69.6 Å². The molecule has 0 bridgehead atoms. The van der Waals surface area contributed by atoms with Crippen LogP contribution in [0.3, 0.4) is 0 Å². The smallest absolute Gasteiger partial charge is 0.339 e. The Labute approximate surface area is 125 Å². The van der Waals surface area contributed by atoms with Gasteiger partial charge in [0.25, 0.3) is 0 Å². The number of anilines is 1. The third-order valence-corrected chi connectivity index (χ3v) is 4.16. The lowest BCUT2D eigenvalue weighted by Gasteiger charge is -2.35. The van der Waals surface area contributed by atoms with Crippen molar-refractivity contribution in [2.24, 2.45) is 0 Å². The monoisotopic (exact) mass is 292 g/mol. The van der Waals surface area contributed by atoms with Crippen LogP contribution in [-0.4, -0.2) is 58.9 Å². The lowest BCUT2D eigenvalue weighted by atomic mass is 10.0. The van der Waals surface area contributed by atoms with Crippen LogP contribution in [0.25, 0.3) is 0 Å². The average Bonchev–Trinajstić information content (AvgIpc) is 2.53. The molecule has 0 amide bonds. The average molecular weight is 292 g/mol. The van der Waals surface area contributed by atoms with Crippen molar-refractivity contribution in [3.05, 3.63) is 16.8 Å². The number of likely N-dealkylation sites (N-methyl/N-ethyl adjacent to an activating group) is 1. The highest BCUT2D eigenvalue weighted by Gasteiger charge is 2.26. The van der Waals surface area contributed by atoms with Crippen LogP contribution in [0.15, 0.2) is 0 Å². The van der Waals surface area contributed by atoms with E-state index in [-0.39, 0.29) is 0 Å². The maximum Gasteiger partial charge on any atom is 0.339 e. The van der Waals surface area contributed by atoms with E-state index in [4.69, 9.17) is 0 Å². The summed E-state index contributed by atoms with van der Waals surface area (Å²) in [4.78, 5) is 16.1. The largest absolute Gasteiger partial charge is 0.478 e. The molecule has 21 heavy (non-hydrogen) atoms. The number of piperazine rings is 1. The van der Waals surface area contributed by atoms with Crippen LogP contribution in [0.1, 0.15) is 42.4 Å². The predicted octanol–water partition coefficient (Wildman–Crippen LogP) is 1.44. The van der Waals surface area contributed by atoms with Gasteiger partial charge in [0.2, 0.25) is 0 Å². The molecule has 0 spiro atoms. The van der Waals surface area contributed by atoms with Gasteiger partial charge in [-0.15, -0.1) is 5.10 Å². The number of carbonyl (C=O) groups is 1. The third kappa shape index (κ3) is 3.15. The summed E-state index contributed by atoms with van der Waals surface area (Å²) in [5.41, 5.74) is 1.97. The zero-order valence-corrected chi connectivity index (χ0v) is 13.1. The number of aromatic nitrogens is 2. The molecule has 1 aromatic heterocycles. The van der Waals surface area contributed by atoms with Crippen molar-refractivity contribution in [3.8, 4) is 0 Å². The molecule has 0 unspecified atom stereocenters. The Kier molecular flexibility index (Phi) is 5.12. The van der Waals surface area contributed by atoms with Crippen molar-refractivity contribution < 1.29 is 9.90 Å². The summed E-state index contributed by atoms with van der Waals surface area (Å²) in [5.74, 6) is -0.364. The molecule has 1 aliphatic rings. The molecule has 1 aromatic rings. The molecule has 0 radical (unpaired) electrons. The fourth-order valence-corrected chi connectivity index (χ4v) is 2.88. The molecule has 116 valence electrons. The van der Waals surface area contributed by atoms with Crippen molar-refractivity contribution in [2.75, 3.05) is 37.6 Å². The number of nitrogens with zero attached hydrogens (tertiary/aromatic N) is 4. The van der Waals surface area contributed by atoms with E-state index in [2.05, 4.69) is 26.9 Å². The van der Waals surface area contributed by atoms with E-state index >= 15 is 0 Å². The second-order valence-corrected chi connectivity index (χ2v) is 5.26. The van der Waals surface area contributed by atoms with E-state index in [1.54, 1.807) is 0 Å². The summed E-state index contributed by atoms with van der Waals surface area (Å²) >= 11 is 0. The molecule has 6 heteroatoms. The van der Waals surface area contributed by atoms with E-state index in [0.29, 0.717) is 24.2 Å². The molecule has 0 atom stereocenters. The first-order chi connectivity index (χ1) is 10.1. The van der Waals surface area contributed by atoms with Crippen molar-refractivity contribution >= 4 is 11.8 Å². The second kappa shape index (κ2) is 6.85. The van der Waals surface area contributed by atoms with Gasteiger partial charge in [-0.25, -0.2) is 4.79 Å².